The van der Waals surface area contributed by atoms with Gasteiger partial charge in [0.25, 0.3) is 0 Å². The van der Waals surface area contributed by atoms with E-state index in [1.165, 1.54) is 12.5 Å². The monoisotopic (exact) mass is 232 g/mol. The maximum atomic E-state index is 11.1. The largest absolute Gasteiger partial charge is 0.428 e. The van der Waals surface area contributed by atoms with Crippen LogP contribution in [0.5, 0.6) is 0 Å². The smallest absolute Gasteiger partial charge is 0.335 e. The van der Waals surface area contributed by atoms with Crippen molar-refractivity contribution in [2.45, 2.75) is 26.7 Å². The average molecular weight is 232 g/mol. The Morgan fingerprint density at radius 2 is 2.29 bits per heavy atom. The number of allylic oxidation sites excluding steroid dienone is 4. The Balaban J connectivity index is 0.000000514. The van der Waals surface area contributed by atoms with Crippen LogP contribution in [-0.4, -0.2) is 5.97 Å². The fraction of sp³-hybridized carbons (Fsp3) is 0.533. The molecular weight excluding hydrogens is 212 g/mol. The molecule has 0 spiro atoms. The van der Waals surface area contributed by atoms with Gasteiger partial charge in [0.15, 0.2) is 0 Å². The molecule has 3 aliphatic rings. The van der Waals surface area contributed by atoms with E-state index in [4.69, 9.17) is 4.74 Å². The van der Waals surface area contributed by atoms with Gasteiger partial charge in [0.2, 0.25) is 0 Å². The van der Waals surface area contributed by atoms with Crippen LogP contribution in [0.2, 0.25) is 0 Å². The molecule has 17 heavy (non-hydrogen) atoms. The van der Waals surface area contributed by atoms with Gasteiger partial charge < -0.3 is 4.74 Å². The third-order valence-electron chi connectivity index (χ3n) is 3.93. The number of hydrogen-bond donors (Lipinski definition) is 0. The Bertz CT molecular complexity index is 378. The number of ether oxygens (including phenoxy) is 1. The van der Waals surface area contributed by atoms with Crippen LogP contribution in [0.1, 0.15) is 26.7 Å². The molecule has 4 atom stereocenters. The van der Waals surface area contributed by atoms with E-state index >= 15 is 0 Å². The molecule has 0 aromatic heterocycles. The third-order valence-corrected chi connectivity index (χ3v) is 3.93. The summed E-state index contributed by atoms with van der Waals surface area (Å²) in [5, 5.41) is 0. The van der Waals surface area contributed by atoms with Crippen LogP contribution < -0.4 is 0 Å². The van der Waals surface area contributed by atoms with E-state index in [9.17, 15) is 4.79 Å². The first-order valence-electron chi connectivity index (χ1n) is 6.52. The lowest BCUT2D eigenvalue weighted by atomic mass is 9.85. The lowest BCUT2D eigenvalue weighted by Crippen LogP contribution is -2.19. The zero-order chi connectivity index (χ0) is 12.4. The molecule has 2 nitrogen and oxygen atoms in total. The van der Waals surface area contributed by atoms with Crippen LogP contribution in [0.25, 0.3) is 0 Å². The van der Waals surface area contributed by atoms with Crippen LogP contribution in [0.4, 0.5) is 0 Å². The quantitative estimate of drug-likeness (QED) is 0.414. The number of carbonyl (C=O) groups excluding carboxylic acids is 1. The molecule has 0 aliphatic heterocycles. The predicted molar refractivity (Wildman–Crippen MR) is 68.1 cm³/mol. The van der Waals surface area contributed by atoms with E-state index in [0.717, 1.165) is 12.2 Å². The van der Waals surface area contributed by atoms with Crippen LogP contribution >= 0.6 is 0 Å². The number of fused-ring (bicyclic) bond motifs is 5. The van der Waals surface area contributed by atoms with Gasteiger partial charge in [0.1, 0.15) is 5.76 Å². The molecule has 0 aromatic rings. The minimum absolute atomic E-state index is 0.323. The second-order valence-electron chi connectivity index (χ2n) is 4.61. The maximum absolute atomic E-state index is 11.1. The van der Waals surface area contributed by atoms with Gasteiger partial charge in [-0.1, -0.05) is 32.6 Å². The van der Waals surface area contributed by atoms with Gasteiger partial charge in [0, 0.05) is 12.0 Å². The van der Waals surface area contributed by atoms with Gasteiger partial charge in [-0.2, -0.15) is 0 Å². The lowest BCUT2D eigenvalue weighted by Gasteiger charge is -2.23. The van der Waals surface area contributed by atoms with Crippen molar-refractivity contribution in [3.63, 3.8) is 0 Å². The standard InChI is InChI=1S/C13H14O2.C2H6/c1-2-13(14)15-12-7-8-6-11(12)10-5-3-4-9(8)10;1-2/h2-4,7-11H,1,5-6H2;1-2H3. The molecule has 0 N–H and O–H groups in total. The average Bonchev–Trinajstić information content (AvgIpc) is 3.02. The summed E-state index contributed by atoms with van der Waals surface area (Å²) in [6.07, 6.45) is 10.3. The molecule has 0 saturated heterocycles. The van der Waals surface area contributed by atoms with Crippen molar-refractivity contribution in [3.8, 4) is 0 Å². The van der Waals surface area contributed by atoms with Crippen molar-refractivity contribution < 1.29 is 9.53 Å². The van der Waals surface area contributed by atoms with Gasteiger partial charge in [-0.25, -0.2) is 4.79 Å². The number of esters is 1. The summed E-state index contributed by atoms with van der Waals surface area (Å²) in [6.45, 7) is 7.42. The fourth-order valence-corrected chi connectivity index (χ4v) is 3.32. The van der Waals surface area contributed by atoms with Gasteiger partial charge in [-0.05, 0) is 36.7 Å². The Morgan fingerprint density at radius 1 is 1.53 bits per heavy atom. The van der Waals surface area contributed by atoms with Crippen molar-refractivity contribution in [1.29, 1.82) is 0 Å². The highest BCUT2D eigenvalue weighted by atomic mass is 16.5. The zero-order valence-electron chi connectivity index (χ0n) is 10.6. The van der Waals surface area contributed by atoms with Gasteiger partial charge >= 0.3 is 5.97 Å². The normalized spacial score (nSPS) is 35.8. The summed E-state index contributed by atoms with van der Waals surface area (Å²) < 4.78 is 5.28. The molecule has 2 bridgehead atoms. The van der Waals surface area contributed by atoms with Crippen molar-refractivity contribution in [3.05, 3.63) is 36.6 Å². The summed E-state index contributed by atoms with van der Waals surface area (Å²) in [7, 11) is 0. The third kappa shape index (κ3) is 1.97. The first kappa shape index (κ1) is 12.2. The summed E-state index contributed by atoms with van der Waals surface area (Å²) in [5.41, 5.74) is 0. The molecule has 3 rings (SSSR count). The molecule has 0 heterocycles. The topological polar surface area (TPSA) is 26.3 Å². The second kappa shape index (κ2) is 4.91. The van der Waals surface area contributed by atoms with Gasteiger partial charge in [0.05, 0.1) is 0 Å². The molecule has 0 amide bonds. The first-order valence-corrected chi connectivity index (χ1v) is 6.52. The van der Waals surface area contributed by atoms with Crippen molar-refractivity contribution in [2.24, 2.45) is 23.7 Å². The number of hydrogen-bond acceptors (Lipinski definition) is 2. The van der Waals surface area contributed by atoms with E-state index in [1.807, 2.05) is 13.8 Å². The number of carbonyl (C=O) groups is 1. The Hall–Kier alpha value is -1.31. The van der Waals surface area contributed by atoms with Crippen LogP contribution in [0.15, 0.2) is 36.6 Å². The zero-order valence-corrected chi connectivity index (χ0v) is 10.6. The minimum atomic E-state index is -0.323. The van der Waals surface area contributed by atoms with Crippen molar-refractivity contribution in [1.82, 2.24) is 0 Å². The summed E-state index contributed by atoms with van der Waals surface area (Å²) in [5.74, 6) is 3.05. The van der Waals surface area contributed by atoms with Gasteiger partial charge in [-0.15, -0.1) is 0 Å². The fourth-order valence-electron chi connectivity index (χ4n) is 3.32. The van der Waals surface area contributed by atoms with E-state index in [0.29, 0.717) is 23.7 Å². The highest BCUT2D eigenvalue weighted by Crippen LogP contribution is 2.55. The molecule has 92 valence electrons. The maximum Gasteiger partial charge on any atom is 0.335 e. The van der Waals surface area contributed by atoms with E-state index < -0.39 is 0 Å². The molecule has 3 aliphatic carbocycles. The highest BCUT2D eigenvalue weighted by molar-refractivity contribution is 5.82. The predicted octanol–water partition coefficient (Wildman–Crippen LogP) is 3.47. The highest BCUT2D eigenvalue weighted by Gasteiger charge is 2.49. The first-order chi connectivity index (χ1) is 8.29. The molecular formula is C15H20O2. The van der Waals surface area contributed by atoms with E-state index in [-0.39, 0.29) is 5.97 Å². The summed E-state index contributed by atoms with van der Waals surface area (Å²) in [6, 6.07) is 0. The van der Waals surface area contributed by atoms with E-state index in [1.54, 1.807) is 0 Å². The molecule has 0 aromatic carbocycles. The molecule has 0 radical (unpaired) electrons. The summed E-state index contributed by atoms with van der Waals surface area (Å²) >= 11 is 0. The second-order valence-corrected chi connectivity index (χ2v) is 4.61. The van der Waals surface area contributed by atoms with Crippen LogP contribution in [0.3, 0.4) is 0 Å². The molecule has 4 unspecified atom stereocenters. The molecule has 2 heteroatoms. The number of rotatable bonds is 2. The SMILES string of the molecule is C=CC(=O)OC1=CC2CC1C1CC=CC21.CC. The lowest BCUT2D eigenvalue weighted by molar-refractivity contribution is -0.134. The Morgan fingerprint density at radius 3 is 3.00 bits per heavy atom. The molecule has 1 fully saturated rings. The van der Waals surface area contributed by atoms with Crippen LogP contribution in [0, 0.1) is 23.7 Å². The van der Waals surface area contributed by atoms with E-state index in [2.05, 4.69) is 24.8 Å². The Kier molecular flexibility index (Phi) is 3.51. The Labute approximate surface area is 103 Å². The van der Waals surface area contributed by atoms with Crippen molar-refractivity contribution >= 4 is 5.97 Å². The van der Waals surface area contributed by atoms with Crippen molar-refractivity contribution in [2.75, 3.05) is 0 Å². The van der Waals surface area contributed by atoms with Crippen LogP contribution in [-0.2, 0) is 9.53 Å². The molecule has 1 saturated carbocycles. The van der Waals surface area contributed by atoms with Gasteiger partial charge in [-0.3, -0.25) is 0 Å². The summed E-state index contributed by atoms with van der Waals surface area (Å²) in [4.78, 5) is 11.1. The minimum Gasteiger partial charge on any atom is -0.428 e.